The molecule has 28 heavy (non-hydrogen) atoms. The minimum atomic E-state index is -4.90. The molecule has 1 amide bonds. The predicted octanol–water partition coefficient (Wildman–Crippen LogP) is 2.58. The van der Waals surface area contributed by atoms with Gasteiger partial charge in [-0.1, -0.05) is 18.6 Å². The summed E-state index contributed by atoms with van der Waals surface area (Å²) < 4.78 is 40.6. The SMILES string of the molecule is C[C@H](C(=O)NCCN1CCCCC1)n1c(=O)c(C(F)(F)F)nc2ccccc21. The maximum absolute atomic E-state index is 13.2. The maximum atomic E-state index is 13.2. The van der Waals surface area contributed by atoms with E-state index in [2.05, 4.69) is 15.2 Å². The van der Waals surface area contributed by atoms with Gasteiger partial charge in [0.1, 0.15) is 6.04 Å². The van der Waals surface area contributed by atoms with E-state index in [0.717, 1.165) is 30.5 Å². The summed E-state index contributed by atoms with van der Waals surface area (Å²) in [5.41, 5.74) is -2.62. The van der Waals surface area contributed by atoms with Crippen LogP contribution in [0.4, 0.5) is 13.2 Å². The second-order valence-corrected chi connectivity index (χ2v) is 6.99. The summed E-state index contributed by atoms with van der Waals surface area (Å²) in [7, 11) is 0. The third kappa shape index (κ3) is 4.35. The van der Waals surface area contributed by atoms with Crippen LogP contribution in [-0.2, 0) is 11.0 Å². The quantitative estimate of drug-likeness (QED) is 0.844. The fourth-order valence-corrected chi connectivity index (χ4v) is 3.51. The fourth-order valence-electron chi connectivity index (χ4n) is 3.51. The Morgan fingerprint density at radius 2 is 1.89 bits per heavy atom. The van der Waals surface area contributed by atoms with E-state index >= 15 is 0 Å². The molecule has 0 radical (unpaired) electrons. The van der Waals surface area contributed by atoms with Gasteiger partial charge in [-0.25, -0.2) is 4.98 Å². The van der Waals surface area contributed by atoms with Crippen molar-refractivity contribution in [1.82, 2.24) is 19.8 Å². The van der Waals surface area contributed by atoms with Crippen LogP contribution in [0, 0.1) is 0 Å². The lowest BCUT2D eigenvalue weighted by Crippen LogP contribution is -2.42. The zero-order valence-corrected chi connectivity index (χ0v) is 15.6. The maximum Gasteiger partial charge on any atom is 0.438 e. The average Bonchev–Trinajstić information content (AvgIpc) is 2.67. The summed E-state index contributed by atoms with van der Waals surface area (Å²) in [6.07, 6.45) is -1.43. The Morgan fingerprint density at radius 1 is 1.21 bits per heavy atom. The van der Waals surface area contributed by atoms with E-state index in [1.165, 1.54) is 31.5 Å². The smallest absolute Gasteiger partial charge is 0.353 e. The number of alkyl halides is 3. The van der Waals surface area contributed by atoms with Crippen molar-refractivity contribution in [2.45, 2.75) is 38.4 Å². The van der Waals surface area contributed by atoms with E-state index < -0.39 is 29.4 Å². The molecule has 1 atom stereocenters. The standard InChI is InChI=1S/C19H23F3N4O2/c1-13(17(27)23-9-12-25-10-5-2-6-11-25)26-15-8-4-3-7-14(15)24-16(18(26)28)19(20,21)22/h3-4,7-8,13H,2,5-6,9-12H2,1H3,(H,23,27)/t13-/m1/s1. The van der Waals surface area contributed by atoms with Crippen molar-refractivity contribution >= 4 is 16.9 Å². The molecule has 9 heteroatoms. The molecule has 2 aromatic rings. The summed E-state index contributed by atoms with van der Waals surface area (Å²) in [6, 6.07) is 4.91. The van der Waals surface area contributed by atoms with Gasteiger partial charge in [-0.15, -0.1) is 0 Å². The van der Waals surface area contributed by atoms with Crippen LogP contribution in [0.15, 0.2) is 29.1 Å². The van der Waals surface area contributed by atoms with E-state index in [-0.39, 0.29) is 11.0 Å². The number of carbonyl (C=O) groups excluding carboxylic acids is 1. The zero-order chi connectivity index (χ0) is 20.3. The fraction of sp³-hybridized carbons (Fsp3) is 0.526. The molecule has 0 unspecified atom stereocenters. The van der Waals surface area contributed by atoms with Crippen molar-refractivity contribution in [1.29, 1.82) is 0 Å². The van der Waals surface area contributed by atoms with Gasteiger partial charge in [0.2, 0.25) is 11.6 Å². The van der Waals surface area contributed by atoms with Gasteiger partial charge in [0.15, 0.2) is 0 Å². The lowest BCUT2D eigenvalue weighted by atomic mass is 10.1. The summed E-state index contributed by atoms with van der Waals surface area (Å²) in [4.78, 5) is 30.8. The summed E-state index contributed by atoms with van der Waals surface area (Å²) >= 11 is 0. The van der Waals surface area contributed by atoms with Gasteiger partial charge in [-0.05, 0) is 45.0 Å². The van der Waals surface area contributed by atoms with Gasteiger partial charge in [0.05, 0.1) is 11.0 Å². The molecule has 0 bridgehead atoms. The highest BCUT2D eigenvalue weighted by Crippen LogP contribution is 2.27. The van der Waals surface area contributed by atoms with Gasteiger partial charge in [0.25, 0.3) is 5.56 Å². The highest BCUT2D eigenvalue weighted by Gasteiger charge is 2.38. The highest BCUT2D eigenvalue weighted by molar-refractivity contribution is 5.83. The second-order valence-electron chi connectivity index (χ2n) is 6.99. The molecule has 3 rings (SSSR count). The number of nitrogens with zero attached hydrogens (tertiary/aromatic N) is 3. The Kier molecular flexibility index (Phi) is 6.02. The van der Waals surface area contributed by atoms with Crippen LogP contribution in [0.25, 0.3) is 11.0 Å². The molecular formula is C19H23F3N4O2. The Bertz CT molecular complexity index is 904. The topological polar surface area (TPSA) is 67.2 Å². The van der Waals surface area contributed by atoms with Crippen LogP contribution < -0.4 is 10.9 Å². The normalized spacial score (nSPS) is 16.9. The monoisotopic (exact) mass is 396 g/mol. The second kappa shape index (κ2) is 8.30. The number of piperidine rings is 1. The van der Waals surface area contributed by atoms with Crippen molar-refractivity contribution < 1.29 is 18.0 Å². The van der Waals surface area contributed by atoms with E-state index in [1.54, 1.807) is 6.07 Å². The molecule has 6 nitrogen and oxygen atoms in total. The molecule has 1 saturated heterocycles. The van der Waals surface area contributed by atoms with Crippen molar-refractivity contribution in [3.63, 3.8) is 0 Å². The van der Waals surface area contributed by atoms with Gasteiger partial charge < -0.3 is 10.2 Å². The summed E-state index contributed by atoms with van der Waals surface area (Å²) in [5.74, 6) is -0.497. The third-order valence-electron chi connectivity index (χ3n) is 5.01. The molecule has 1 aromatic heterocycles. The minimum absolute atomic E-state index is 0.0161. The molecule has 2 heterocycles. The Balaban J connectivity index is 1.83. The Hall–Kier alpha value is -2.42. The number of rotatable bonds is 5. The van der Waals surface area contributed by atoms with E-state index in [4.69, 9.17) is 0 Å². The number of hydrogen-bond acceptors (Lipinski definition) is 4. The number of amides is 1. The Morgan fingerprint density at radius 3 is 2.57 bits per heavy atom. The van der Waals surface area contributed by atoms with Gasteiger partial charge in [-0.3, -0.25) is 14.2 Å². The lowest BCUT2D eigenvalue weighted by Gasteiger charge is -2.26. The largest absolute Gasteiger partial charge is 0.438 e. The van der Waals surface area contributed by atoms with Gasteiger partial charge >= 0.3 is 6.18 Å². The molecule has 152 valence electrons. The number of likely N-dealkylation sites (tertiary alicyclic amines) is 1. The third-order valence-corrected chi connectivity index (χ3v) is 5.01. The van der Waals surface area contributed by atoms with Crippen LogP contribution in [0.5, 0.6) is 0 Å². The molecule has 0 spiro atoms. The molecule has 1 N–H and O–H groups in total. The van der Waals surface area contributed by atoms with Crippen molar-refractivity contribution in [2.75, 3.05) is 26.2 Å². The molecule has 1 aliphatic rings. The predicted molar refractivity (Wildman–Crippen MR) is 99.0 cm³/mol. The molecule has 0 aliphatic carbocycles. The summed E-state index contributed by atoms with van der Waals surface area (Å²) in [5, 5.41) is 2.74. The number of fused-ring (bicyclic) bond motifs is 1. The van der Waals surface area contributed by atoms with Crippen LogP contribution in [0.2, 0.25) is 0 Å². The summed E-state index contributed by atoms with van der Waals surface area (Å²) in [6.45, 7) is 4.44. The number of para-hydroxylation sites is 2. The van der Waals surface area contributed by atoms with E-state index in [9.17, 15) is 22.8 Å². The first-order chi connectivity index (χ1) is 13.3. The number of benzene rings is 1. The molecule has 1 fully saturated rings. The first-order valence-electron chi connectivity index (χ1n) is 9.37. The zero-order valence-electron chi connectivity index (χ0n) is 15.6. The highest BCUT2D eigenvalue weighted by atomic mass is 19.4. The minimum Gasteiger partial charge on any atom is -0.353 e. The van der Waals surface area contributed by atoms with E-state index in [0.29, 0.717) is 13.1 Å². The Labute approximate surface area is 160 Å². The number of carbonyl (C=O) groups is 1. The van der Waals surface area contributed by atoms with Crippen molar-refractivity contribution in [2.24, 2.45) is 0 Å². The number of nitrogens with one attached hydrogen (secondary N) is 1. The van der Waals surface area contributed by atoms with Gasteiger partial charge in [0, 0.05) is 13.1 Å². The van der Waals surface area contributed by atoms with Crippen LogP contribution >= 0.6 is 0 Å². The molecule has 1 aliphatic heterocycles. The molecular weight excluding hydrogens is 373 g/mol. The first kappa shape index (κ1) is 20.3. The molecule has 1 aromatic carbocycles. The average molecular weight is 396 g/mol. The van der Waals surface area contributed by atoms with Crippen LogP contribution in [0.1, 0.15) is 37.9 Å². The van der Waals surface area contributed by atoms with Crippen LogP contribution in [0.3, 0.4) is 0 Å². The van der Waals surface area contributed by atoms with Crippen molar-refractivity contribution in [3.05, 3.63) is 40.3 Å². The molecule has 0 saturated carbocycles. The van der Waals surface area contributed by atoms with Crippen LogP contribution in [-0.4, -0.2) is 46.5 Å². The lowest BCUT2D eigenvalue weighted by molar-refractivity contribution is -0.142. The number of halogens is 3. The van der Waals surface area contributed by atoms with Crippen molar-refractivity contribution in [3.8, 4) is 0 Å². The first-order valence-corrected chi connectivity index (χ1v) is 9.37. The number of hydrogen-bond donors (Lipinski definition) is 1. The number of aromatic nitrogens is 2. The van der Waals surface area contributed by atoms with E-state index in [1.807, 2.05) is 0 Å². The van der Waals surface area contributed by atoms with Gasteiger partial charge in [-0.2, -0.15) is 13.2 Å².